The van der Waals surface area contributed by atoms with Crippen molar-refractivity contribution in [1.29, 1.82) is 0 Å². The third kappa shape index (κ3) is 8.62. The number of likely N-dealkylation sites (tertiary alicyclic amines) is 1. The molecule has 30 heavy (non-hydrogen) atoms. The van der Waals surface area contributed by atoms with Gasteiger partial charge in [-0.1, -0.05) is 6.42 Å². The molecule has 0 radical (unpaired) electrons. The van der Waals surface area contributed by atoms with E-state index in [4.69, 9.17) is 9.92 Å². The number of nitrogens with two attached hydrogens (primary N) is 1. The number of nitrogens with zero attached hydrogens (tertiary/aromatic N) is 1. The molecule has 1 aromatic rings. The number of rotatable bonds is 13. The van der Waals surface area contributed by atoms with Crippen LogP contribution in [0.15, 0.2) is 24.3 Å². The minimum Gasteiger partial charge on any atom is -0.429 e. The first kappa shape index (κ1) is 24.0. The summed E-state index contributed by atoms with van der Waals surface area (Å²) in [6.45, 7) is 2.23. The van der Waals surface area contributed by atoms with Gasteiger partial charge in [-0.2, -0.15) is 0 Å². The van der Waals surface area contributed by atoms with E-state index in [1.165, 1.54) is 0 Å². The van der Waals surface area contributed by atoms with Gasteiger partial charge in [-0.05, 0) is 62.9 Å². The first-order chi connectivity index (χ1) is 14.5. The van der Waals surface area contributed by atoms with Crippen LogP contribution in [-0.2, 0) is 14.4 Å². The summed E-state index contributed by atoms with van der Waals surface area (Å²) in [6, 6.07) is 6.61. The van der Waals surface area contributed by atoms with E-state index in [0.29, 0.717) is 30.8 Å². The Hall–Kier alpha value is -2.26. The van der Waals surface area contributed by atoms with E-state index in [-0.39, 0.29) is 24.3 Å². The van der Waals surface area contributed by atoms with Crippen molar-refractivity contribution in [3.05, 3.63) is 24.3 Å². The van der Waals surface area contributed by atoms with Gasteiger partial charge in [0, 0.05) is 44.5 Å². The molecule has 1 aromatic carbocycles. The van der Waals surface area contributed by atoms with Gasteiger partial charge >= 0.3 is 0 Å². The number of carbonyl (C=O) groups excluding carboxylic acids is 3. The van der Waals surface area contributed by atoms with Gasteiger partial charge in [0.2, 0.25) is 17.7 Å². The van der Waals surface area contributed by atoms with E-state index in [9.17, 15) is 14.4 Å². The highest BCUT2D eigenvalue weighted by atomic mass is 32.1. The fourth-order valence-electron chi connectivity index (χ4n) is 3.44. The van der Waals surface area contributed by atoms with E-state index in [0.717, 1.165) is 45.2 Å². The molecule has 0 unspecified atom stereocenters. The number of thiol groups is 1. The maximum atomic E-state index is 12.6. The molecule has 0 aromatic heterocycles. The summed E-state index contributed by atoms with van der Waals surface area (Å²) in [5.74, 6) is 0.240. The van der Waals surface area contributed by atoms with Gasteiger partial charge < -0.3 is 25.5 Å². The molecule has 1 aliphatic heterocycles. The summed E-state index contributed by atoms with van der Waals surface area (Å²) in [7, 11) is 0. The molecule has 8 nitrogen and oxygen atoms in total. The number of unbranched alkanes of at least 4 members (excludes halogenated alkanes) is 2. The Balaban J connectivity index is 1.63. The Morgan fingerprint density at radius 2 is 1.77 bits per heavy atom. The van der Waals surface area contributed by atoms with Crippen LogP contribution in [0.25, 0.3) is 0 Å². The van der Waals surface area contributed by atoms with Gasteiger partial charge in [0.05, 0.1) is 6.04 Å². The zero-order valence-electron chi connectivity index (χ0n) is 17.3. The minimum absolute atomic E-state index is 0.0361. The van der Waals surface area contributed by atoms with E-state index in [1.54, 1.807) is 24.3 Å². The Kier molecular flexibility index (Phi) is 10.5. The van der Waals surface area contributed by atoms with Gasteiger partial charge in [-0.25, -0.2) is 0 Å². The quantitative estimate of drug-likeness (QED) is 0.215. The molecule has 0 spiro atoms. The number of hydrogen-bond acceptors (Lipinski definition) is 6. The SMILES string of the molecule is NC(=O)CC[C@H](NCCCCCC(=O)Nc1ccc(OS)cc1)C(=O)N1CCCC1. The number of hydrogen-bond donors (Lipinski definition) is 4. The lowest BCUT2D eigenvalue weighted by Gasteiger charge is -2.24. The molecule has 0 aliphatic carbocycles. The Morgan fingerprint density at radius 1 is 1.07 bits per heavy atom. The second-order valence-corrected chi connectivity index (χ2v) is 7.70. The first-order valence-corrected chi connectivity index (χ1v) is 10.9. The number of benzene rings is 1. The molecule has 0 bridgehead atoms. The standard InChI is InChI=1S/C21H32N4O4S/c22-19(26)12-11-18(21(28)25-14-4-5-15-25)23-13-3-1-2-6-20(27)24-16-7-9-17(29-30)10-8-16/h7-10,18,23,30H,1-6,11-15H2,(H2,22,26)(H,24,27)/t18-/m0/s1. The van der Waals surface area contributed by atoms with Crippen molar-refractivity contribution in [2.24, 2.45) is 5.73 Å². The molecular weight excluding hydrogens is 404 g/mol. The zero-order valence-corrected chi connectivity index (χ0v) is 18.2. The number of nitrogens with one attached hydrogen (secondary N) is 2. The molecule has 1 aliphatic rings. The van der Waals surface area contributed by atoms with Crippen LogP contribution in [0.5, 0.6) is 5.75 Å². The largest absolute Gasteiger partial charge is 0.429 e. The van der Waals surface area contributed by atoms with Crippen LogP contribution < -0.4 is 20.6 Å². The van der Waals surface area contributed by atoms with Crippen molar-refractivity contribution in [2.45, 2.75) is 57.4 Å². The Bertz CT molecular complexity index is 693. The lowest BCUT2D eigenvalue weighted by atomic mass is 10.1. The smallest absolute Gasteiger partial charge is 0.239 e. The number of amides is 3. The summed E-state index contributed by atoms with van der Waals surface area (Å²) in [6.07, 6.45) is 5.59. The number of carbonyl (C=O) groups is 3. The third-order valence-electron chi connectivity index (χ3n) is 5.11. The number of anilines is 1. The topological polar surface area (TPSA) is 114 Å². The fourth-order valence-corrected chi connectivity index (χ4v) is 3.57. The maximum Gasteiger partial charge on any atom is 0.239 e. The van der Waals surface area contributed by atoms with Crippen LogP contribution in [0.3, 0.4) is 0 Å². The van der Waals surface area contributed by atoms with Gasteiger partial charge in [-0.15, -0.1) is 0 Å². The van der Waals surface area contributed by atoms with Crippen LogP contribution in [-0.4, -0.2) is 48.3 Å². The second-order valence-electron chi connectivity index (χ2n) is 7.52. The van der Waals surface area contributed by atoms with Gasteiger partial charge in [-0.3, -0.25) is 14.4 Å². The second kappa shape index (κ2) is 13.1. The highest BCUT2D eigenvalue weighted by Crippen LogP contribution is 2.17. The molecule has 0 saturated carbocycles. The van der Waals surface area contributed by atoms with Gasteiger partial charge in [0.25, 0.3) is 0 Å². The molecule has 1 atom stereocenters. The first-order valence-electron chi connectivity index (χ1n) is 10.5. The van der Waals surface area contributed by atoms with Crippen LogP contribution in [0, 0.1) is 0 Å². The van der Waals surface area contributed by atoms with Crippen molar-refractivity contribution in [2.75, 3.05) is 25.0 Å². The van der Waals surface area contributed by atoms with E-state index in [1.807, 2.05) is 4.90 Å². The average Bonchev–Trinajstić information content (AvgIpc) is 3.27. The monoisotopic (exact) mass is 436 g/mol. The average molecular weight is 437 g/mol. The van der Waals surface area contributed by atoms with Crippen LogP contribution >= 0.6 is 12.9 Å². The van der Waals surface area contributed by atoms with Crippen LogP contribution in [0.1, 0.15) is 51.4 Å². The molecule has 166 valence electrons. The van der Waals surface area contributed by atoms with Crippen molar-refractivity contribution < 1.29 is 18.6 Å². The van der Waals surface area contributed by atoms with Crippen molar-refractivity contribution in [3.8, 4) is 5.75 Å². The van der Waals surface area contributed by atoms with Gasteiger partial charge in [0.1, 0.15) is 5.75 Å². The predicted octanol–water partition coefficient (Wildman–Crippen LogP) is 2.26. The zero-order chi connectivity index (χ0) is 21.8. The lowest BCUT2D eigenvalue weighted by molar-refractivity contribution is -0.132. The van der Waals surface area contributed by atoms with E-state index >= 15 is 0 Å². The molecule has 3 amide bonds. The number of primary amides is 1. The molecule has 1 heterocycles. The maximum absolute atomic E-state index is 12.6. The summed E-state index contributed by atoms with van der Waals surface area (Å²) in [5, 5.41) is 6.12. The van der Waals surface area contributed by atoms with E-state index in [2.05, 4.69) is 23.5 Å². The van der Waals surface area contributed by atoms with Gasteiger partial charge in [0.15, 0.2) is 0 Å². The molecule has 4 N–H and O–H groups in total. The van der Waals surface area contributed by atoms with Crippen molar-refractivity contribution >= 4 is 36.3 Å². The van der Waals surface area contributed by atoms with Crippen LogP contribution in [0.2, 0.25) is 0 Å². The summed E-state index contributed by atoms with van der Waals surface area (Å²) >= 11 is 3.72. The highest BCUT2D eigenvalue weighted by molar-refractivity contribution is 7.75. The molecular formula is C21H32N4O4S. The third-order valence-corrected chi connectivity index (χ3v) is 5.32. The summed E-state index contributed by atoms with van der Waals surface area (Å²) in [4.78, 5) is 37.6. The highest BCUT2D eigenvalue weighted by Gasteiger charge is 2.26. The van der Waals surface area contributed by atoms with Crippen LogP contribution in [0.4, 0.5) is 5.69 Å². The van der Waals surface area contributed by atoms with Crippen molar-refractivity contribution in [3.63, 3.8) is 0 Å². The Morgan fingerprint density at radius 3 is 2.40 bits per heavy atom. The normalized spacial score (nSPS) is 14.4. The lowest BCUT2D eigenvalue weighted by Crippen LogP contribution is -2.46. The Labute approximate surface area is 183 Å². The molecule has 9 heteroatoms. The summed E-state index contributed by atoms with van der Waals surface area (Å²) in [5.41, 5.74) is 5.96. The van der Waals surface area contributed by atoms with E-state index < -0.39 is 5.91 Å². The summed E-state index contributed by atoms with van der Waals surface area (Å²) < 4.78 is 4.79. The van der Waals surface area contributed by atoms with Crippen molar-refractivity contribution in [1.82, 2.24) is 10.2 Å². The molecule has 2 rings (SSSR count). The fraction of sp³-hybridized carbons (Fsp3) is 0.571. The molecule has 1 fully saturated rings. The minimum atomic E-state index is -0.394. The molecule has 1 saturated heterocycles. The predicted molar refractivity (Wildman–Crippen MR) is 119 cm³/mol.